The number of hydrogen-bond donors (Lipinski definition) is 0. The molecule has 0 aliphatic heterocycles. The van der Waals surface area contributed by atoms with E-state index in [0.717, 1.165) is 99.9 Å². The molecule has 21 aromatic carbocycles. The van der Waals surface area contributed by atoms with Gasteiger partial charge in [0.2, 0.25) is 0 Å². The van der Waals surface area contributed by atoms with Crippen LogP contribution < -0.4 is 0 Å². The van der Waals surface area contributed by atoms with Crippen molar-refractivity contribution in [2.45, 2.75) is 7.43 Å². The van der Waals surface area contributed by atoms with E-state index in [4.69, 9.17) is 29.3 Å². The van der Waals surface area contributed by atoms with Gasteiger partial charge in [-0.2, -0.15) is 0 Å². The number of para-hydroxylation sites is 4. The van der Waals surface area contributed by atoms with Crippen molar-refractivity contribution in [2.75, 3.05) is 0 Å². The average Bonchev–Trinajstić information content (AvgIpc) is 1.60. The van der Waals surface area contributed by atoms with Gasteiger partial charge in [-0.05, 0) is 170 Å². The van der Waals surface area contributed by atoms with Crippen molar-refractivity contribution in [3.63, 3.8) is 0 Å². The van der Waals surface area contributed by atoms with Crippen molar-refractivity contribution >= 4 is 183 Å². The molecule has 139 heavy (non-hydrogen) atoms. The van der Waals surface area contributed by atoms with Gasteiger partial charge < -0.3 is 18.1 Å². The fraction of sp³-hybridized carbons (Fsp3) is 0.00781. The maximum absolute atomic E-state index is 6.49. The molecule has 11 heteroatoms. The van der Waals surface area contributed by atoms with E-state index in [0.29, 0.717) is 23.3 Å². The minimum absolute atomic E-state index is 0. The van der Waals surface area contributed by atoms with Crippen LogP contribution in [0.4, 0.5) is 0 Å². The Labute approximate surface area is 807 Å². The number of furan rings is 1. The Morgan fingerprint density at radius 1 is 0.187 bits per heavy atom. The summed E-state index contributed by atoms with van der Waals surface area (Å²) in [5, 5.41) is 22.7. The molecule has 0 spiro atoms. The monoisotopic (exact) mass is 1810 g/mol. The predicted octanol–water partition coefficient (Wildman–Crippen LogP) is 35.4. The topological polar surface area (TPSA) is 92.4 Å². The Balaban J connectivity index is 0.000000107. The lowest BCUT2D eigenvalue weighted by molar-refractivity contribution is 0.673. The number of thiophene rings is 2. The van der Waals surface area contributed by atoms with E-state index in [9.17, 15) is 0 Å². The summed E-state index contributed by atoms with van der Waals surface area (Å²) >= 11 is 3.76. The van der Waals surface area contributed by atoms with Gasteiger partial charge in [0.1, 0.15) is 11.2 Å². The molecule has 0 saturated heterocycles. The zero-order chi connectivity index (χ0) is 90.8. The van der Waals surface area contributed by atoms with Gasteiger partial charge >= 0.3 is 0 Å². The van der Waals surface area contributed by atoms with Gasteiger partial charge in [-0.25, -0.2) is 24.9 Å². The van der Waals surface area contributed by atoms with Crippen LogP contribution in [0, 0.1) is 0 Å². The molecule has 0 fully saturated rings. The first-order valence-electron chi connectivity index (χ1n) is 46.6. The molecule has 8 heterocycles. The summed E-state index contributed by atoms with van der Waals surface area (Å²) < 4.78 is 19.0. The summed E-state index contributed by atoms with van der Waals surface area (Å²) in [6, 6.07) is 168. The zero-order valence-electron chi connectivity index (χ0n) is 74.3. The summed E-state index contributed by atoms with van der Waals surface area (Å²) in [4.78, 5) is 24.9. The molecule has 0 saturated carbocycles. The summed E-state index contributed by atoms with van der Waals surface area (Å²) in [7, 11) is 0. The van der Waals surface area contributed by atoms with Crippen LogP contribution >= 0.6 is 22.7 Å². The second-order valence-corrected chi connectivity index (χ2v) is 37.3. The maximum atomic E-state index is 6.49. The Hall–Kier alpha value is -17.9. The van der Waals surface area contributed by atoms with Crippen LogP contribution in [0.1, 0.15) is 7.43 Å². The van der Waals surface area contributed by atoms with Gasteiger partial charge in [-0.3, -0.25) is 0 Å². The van der Waals surface area contributed by atoms with Crippen LogP contribution in [0.5, 0.6) is 0 Å². The first kappa shape index (κ1) is 81.9. The molecule has 0 aliphatic carbocycles. The van der Waals surface area contributed by atoms with Crippen LogP contribution in [-0.2, 0) is 0 Å². The highest BCUT2D eigenvalue weighted by atomic mass is 32.1. The fourth-order valence-corrected chi connectivity index (χ4v) is 23.4. The number of aromatic nitrogens is 8. The lowest BCUT2D eigenvalue weighted by atomic mass is 9.91. The average molecular weight is 1810 g/mol. The van der Waals surface area contributed by atoms with Gasteiger partial charge in [-0.15, -0.1) is 22.7 Å². The molecule has 0 atom stereocenters. The summed E-state index contributed by atoms with van der Waals surface area (Å²) in [5.41, 5.74) is 24.9. The molecule has 0 bridgehead atoms. The molecule has 0 radical (unpaired) electrons. The van der Waals surface area contributed by atoms with Crippen molar-refractivity contribution in [1.82, 2.24) is 38.6 Å². The van der Waals surface area contributed by atoms with E-state index in [1.54, 1.807) is 0 Å². The minimum Gasteiger partial charge on any atom is -0.455 e. The molecule has 29 rings (SSSR count). The van der Waals surface area contributed by atoms with Crippen molar-refractivity contribution in [3.8, 4) is 107 Å². The Bertz CT molecular complexity index is 9780. The lowest BCUT2D eigenvalue weighted by Crippen LogP contribution is -2.00. The zero-order valence-corrected chi connectivity index (χ0v) is 76.0. The molecule has 652 valence electrons. The van der Waals surface area contributed by atoms with E-state index in [-0.39, 0.29) is 7.43 Å². The van der Waals surface area contributed by atoms with Crippen LogP contribution in [0.25, 0.3) is 267 Å². The molecular formula is C128H82N8OS2. The van der Waals surface area contributed by atoms with E-state index in [1.807, 2.05) is 132 Å². The van der Waals surface area contributed by atoms with Crippen molar-refractivity contribution < 1.29 is 4.42 Å². The van der Waals surface area contributed by atoms with Gasteiger partial charge in [0, 0.05) is 119 Å². The fourth-order valence-electron chi connectivity index (χ4n) is 20.9. The SMILES string of the molecule is C.c1cc(-c2cccc(-n3c4ccccc4c4ccc5c6ccccc6sc5c43)c2)cc(-c2ccc3c4ccccc4c4ccccc4c3c2)c1.c1ccc(-c2cc(-c3ccccc3)nc(-c3cccc(-n4c5ccccc5c5c6oc7ccccc7c6ccc54)c3)n2)cc1.c1ccc(-c2nc(-c3ccccc3)nc(-c3ccc(-n4c5ccccc5c5ccc6c7ccccc7sc6c54)cc3)n2)cc1. The van der Waals surface area contributed by atoms with Crippen molar-refractivity contribution in [3.05, 3.63) is 473 Å². The van der Waals surface area contributed by atoms with Crippen LogP contribution in [0.2, 0.25) is 0 Å². The second kappa shape index (κ2) is 33.9. The minimum atomic E-state index is 0. The molecule has 9 nitrogen and oxygen atoms in total. The third-order valence-corrected chi connectivity index (χ3v) is 29.6. The number of benzene rings is 21. The van der Waals surface area contributed by atoms with Crippen LogP contribution in [0.3, 0.4) is 0 Å². The molecule has 0 unspecified atom stereocenters. The van der Waals surface area contributed by atoms with E-state index < -0.39 is 0 Å². The molecule has 0 amide bonds. The molecule has 8 aromatic heterocycles. The second-order valence-electron chi connectivity index (χ2n) is 35.2. The highest BCUT2D eigenvalue weighted by Crippen LogP contribution is 2.49. The van der Waals surface area contributed by atoms with E-state index in [2.05, 4.69) is 378 Å². The molecule has 29 aromatic rings. The normalized spacial score (nSPS) is 11.7. The standard InChI is InChI=1S/C48H29NS.C40H25N3O.C39H24N4S.CH4/c1-2-17-37-35(15-1)36-16-3-4-18-38(36)44-29-33(23-24-39(37)44)31-12-9-11-30(27-31)32-13-10-14-34(28-32)49-45-21-7-5-19-40(45)42-25-26-43-41-20-6-8-22-46(41)50-48(43)47(42)49;1-3-12-26(13-4-1)33-25-34(27-14-5-2-6-15-27)42-40(41-33)28-16-11-17-29(24-28)43-35-20-9-7-19-32(35)38-36(43)23-22-31-30-18-8-10-21-37(30)44-39(31)38;1-3-11-25(12-4-1)37-40-38(26-13-5-2-6-14-26)42-39(41-37)27-19-21-28(22-20-27)43-33-17-9-7-15-29(33)31-23-24-32-30-16-8-10-18-34(30)44-36(32)35(31)43;/h1-29H;1-25H;1-24H;1H4. The highest BCUT2D eigenvalue weighted by molar-refractivity contribution is 7.27. The first-order valence-corrected chi connectivity index (χ1v) is 48.2. The largest absolute Gasteiger partial charge is 0.455 e. The van der Waals surface area contributed by atoms with Crippen LogP contribution in [0.15, 0.2) is 478 Å². The van der Waals surface area contributed by atoms with E-state index in [1.165, 1.54) is 144 Å². The van der Waals surface area contributed by atoms with Gasteiger partial charge in [0.05, 0.1) is 59.3 Å². The first-order chi connectivity index (χ1) is 68.4. The number of fused-ring (bicyclic) bond motifs is 27. The van der Waals surface area contributed by atoms with E-state index >= 15 is 0 Å². The number of hydrogen-bond acceptors (Lipinski definition) is 8. The quantitative estimate of drug-likeness (QED) is 0.120. The lowest BCUT2D eigenvalue weighted by Gasteiger charge is -2.13. The van der Waals surface area contributed by atoms with Gasteiger partial charge in [-0.1, -0.05) is 365 Å². The van der Waals surface area contributed by atoms with Crippen LogP contribution in [-0.4, -0.2) is 38.6 Å². The number of rotatable bonds is 11. The molecular weight excluding hydrogens is 1730 g/mol. The highest BCUT2D eigenvalue weighted by Gasteiger charge is 2.25. The summed E-state index contributed by atoms with van der Waals surface area (Å²) in [6.07, 6.45) is 0. The van der Waals surface area contributed by atoms with Crippen molar-refractivity contribution in [2.24, 2.45) is 0 Å². The molecule has 0 aliphatic rings. The smallest absolute Gasteiger partial charge is 0.164 e. The predicted molar refractivity (Wildman–Crippen MR) is 587 cm³/mol. The Kier molecular flexibility index (Phi) is 20.0. The third kappa shape index (κ3) is 14.0. The van der Waals surface area contributed by atoms with Gasteiger partial charge in [0.15, 0.2) is 23.3 Å². The maximum Gasteiger partial charge on any atom is 0.164 e. The summed E-state index contributed by atoms with van der Waals surface area (Å²) in [6.45, 7) is 0. The number of nitrogens with zero attached hydrogens (tertiary/aromatic N) is 8. The Morgan fingerprint density at radius 2 is 0.532 bits per heavy atom. The van der Waals surface area contributed by atoms with Gasteiger partial charge in [0.25, 0.3) is 0 Å². The van der Waals surface area contributed by atoms with Crippen molar-refractivity contribution in [1.29, 1.82) is 0 Å². The molecule has 0 N–H and O–H groups in total. The summed E-state index contributed by atoms with van der Waals surface area (Å²) in [5.74, 6) is 2.66. The third-order valence-electron chi connectivity index (χ3n) is 27.2. The Morgan fingerprint density at radius 3 is 1.06 bits per heavy atom.